The number of hydrogen-bond acceptors (Lipinski definition) is 3. The molecule has 0 atom stereocenters. The molecule has 0 aromatic heterocycles. The Balaban J connectivity index is 1.72. The first-order chi connectivity index (χ1) is 7.79. The smallest absolute Gasteiger partial charge is 0.0120 e. The molecule has 2 N–H and O–H groups in total. The Kier molecular flexibility index (Phi) is 4.62. The molecule has 0 radical (unpaired) electrons. The minimum atomic E-state index is 0.811. The Morgan fingerprint density at radius 2 is 1.62 bits per heavy atom. The highest BCUT2D eigenvalue weighted by Gasteiger charge is 2.26. The van der Waals surface area contributed by atoms with E-state index in [1.165, 1.54) is 51.9 Å². The van der Waals surface area contributed by atoms with Gasteiger partial charge in [-0.15, -0.1) is 0 Å². The minimum absolute atomic E-state index is 0.811. The van der Waals surface area contributed by atoms with Crippen molar-refractivity contribution in [3.8, 4) is 0 Å². The zero-order chi connectivity index (χ0) is 11.4. The van der Waals surface area contributed by atoms with Crippen molar-refractivity contribution in [1.29, 1.82) is 0 Å². The average molecular weight is 225 g/mol. The molecule has 2 rings (SSSR count). The summed E-state index contributed by atoms with van der Waals surface area (Å²) in [5, 5.41) is 0. The van der Waals surface area contributed by atoms with Crippen LogP contribution in [0.25, 0.3) is 0 Å². The summed E-state index contributed by atoms with van der Waals surface area (Å²) in [5.74, 6) is 0.952. The summed E-state index contributed by atoms with van der Waals surface area (Å²) in [5.41, 5.74) is 5.60. The third-order valence-electron chi connectivity index (χ3n) is 4.34. The zero-order valence-electron chi connectivity index (χ0n) is 10.7. The highest BCUT2D eigenvalue weighted by atomic mass is 15.2. The normalized spacial score (nSPS) is 27.4. The molecule has 2 heterocycles. The molecule has 2 aliphatic heterocycles. The largest absolute Gasteiger partial charge is 0.329 e. The van der Waals surface area contributed by atoms with Gasteiger partial charge in [-0.2, -0.15) is 0 Å². The van der Waals surface area contributed by atoms with Gasteiger partial charge in [-0.05, 0) is 57.8 Å². The minimum Gasteiger partial charge on any atom is -0.329 e. The van der Waals surface area contributed by atoms with Crippen molar-refractivity contribution >= 4 is 0 Å². The second kappa shape index (κ2) is 5.99. The summed E-state index contributed by atoms with van der Waals surface area (Å²) >= 11 is 0. The molecule has 94 valence electrons. The van der Waals surface area contributed by atoms with Crippen molar-refractivity contribution < 1.29 is 0 Å². The lowest BCUT2D eigenvalue weighted by Crippen LogP contribution is -2.48. The van der Waals surface area contributed by atoms with Crippen LogP contribution in [0.5, 0.6) is 0 Å². The number of likely N-dealkylation sites (tertiary alicyclic amines) is 2. The van der Waals surface area contributed by atoms with Gasteiger partial charge in [0, 0.05) is 19.1 Å². The van der Waals surface area contributed by atoms with Crippen molar-refractivity contribution in [1.82, 2.24) is 9.80 Å². The van der Waals surface area contributed by atoms with Gasteiger partial charge < -0.3 is 15.5 Å². The van der Waals surface area contributed by atoms with Crippen LogP contribution in [-0.4, -0.2) is 55.1 Å². The molecule has 2 fully saturated rings. The molecule has 0 spiro atoms. The highest BCUT2D eigenvalue weighted by Crippen LogP contribution is 2.23. The van der Waals surface area contributed by atoms with E-state index in [-0.39, 0.29) is 0 Å². The molecular formula is C13H27N3. The van der Waals surface area contributed by atoms with E-state index >= 15 is 0 Å². The van der Waals surface area contributed by atoms with Crippen LogP contribution in [-0.2, 0) is 0 Å². The van der Waals surface area contributed by atoms with Crippen molar-refractivity contribution in [2.75, 3.05) is 39.3 Å². The fraction of sp³-hybridized carbons (Fsp3) is 1.00. The predicted octanol–water partition coefficient (Wildman–Crippen LogP) is 1.14. The molecule has 16 heavy (non-hydrogen) atoms. The summed E-state index contributed by atoms with van der Waals surface area (Å²) in [6.07, 6.45) is 5.52. The molecule has 0 unspecified atom stereocenters. The van der Waals surface area contributed by atoms with Gasteiger partial charge in [0.25, 0.3) is 0 Å². The molecule has 0 amide bonds. The first-order valence-corrected chi connectivity index (χ1v) is 6.96. The van der Waals surface area contributed by atoms with Gasteiger partial charge in [-0.3, -0.25) is 0 Å². The quantitative estimate of drug-likeness (QED) is 0.782. The second-order valence-electron chi connectivity index (χ2n) is 5.58. The molecule has 0 bridgehead atoms. The molecule has 0 aromatic rings. The summed E-state index contributed by atoms with van der Waals surface area (Å²) < 4.78 is 0. The van der Waals surface area contributed by atoms with E-state index in [1.54, 1.807) is 0 Å². The van der Waals surface area contributed by atoms with Crippen LogP contribution >= 0.6 is 0 Å². The van der Waals surface area contributed by atoms with Crippen molar-refractivity contribution in [3.63, 3.8) is 0 Å². The van der Waals surface area contributed by atoms with E-state index in [2.05, 4.69) is 16.7 Å². The summed E-state index contributed by atoms with van der Waals surface area (Å²) in [7, 11) is 0. The lowest BCUT2D eigenvalue weighted by Gasteiger charge is -2.41. The topological polar surface area (TPSA) is 32.5 Å². The van der Waals surface area contributed by atoms with E-state index in [0.717, 1.165) is 25.0 Å². The molecule has 0 saturated carbocycles. The van der Waals surface area contributed by atoms with Crippen LogP contribution in [0.3, 0.4) is 0 Å². The third-order valence-corrected chi connectivity index (χ3v) is 4.34. The van der Waals surface area contributed by atoms with Crippen LogP contribution in [0.15, 0.2) is 0 Å². The maximum atomic E-state index is 5.60. The van der Waals surface area contributed by atoms with Crippen molar-refractivity contribution in [2.45, 2.75) is 38.6 Å². The summed E-state index contributed by atoms with van der Waals surface area (Å²) in [6, 6.07) is 0.863. The maximum Gasteiger partial charge on any atom is 0.0120 e. The summed E-state index contributed by atoms with van der Waals surface area (Å²) in [6.45, 7) is 9.48. The fourth-order valence-electron chi connectivity index (χ4n) is 3.08. The molecule has 3 heteroatoms. The van der Waals surface area contributed by atoms with Gasteiger partial charge in [0.15, 0.2) is 0 Å². The zero-order valence-corrected chi connectivity index (χ0v) is 10.7. The first kappa shape index (κ1) is 12.3. The standard InChI is InChI=1S/C13H27N3/c1-12-2-9-16(10-3-12)13-4-7-15(8-5-13)11-6-14/h12-13H,2-11,14H2,1H3. The van der Waals surface area contributed by atoms with Crippen molar-refractivity contribution in [2.24, 2.45) is 11.7 Å². The Hall–Kier alpha value is -0.120. The second-order valence-corrected chi connectivity index (χ2v) is 5.58. The Bertz CT molecular complexity index is 191. The average Bonchev–Trinajstić information content (AvgIpc) is 2.32. The molecule has 0 aliphatic carbocycles. The molecular weight excluding hydrogens is 198 g/mol. The van der Waals surface area contributed by atoms with Gasteiger partial charge in [0.05, 0.1) is 0 Å². The predicted molar refractivity (Wildman–Crippen MR) is 68.5 cm³/mol. The van der Waals surface area contributed by atoms with Gasteiger partial charge in [0.1, 0.15) is 0 Å². The van der Waals surface area contributed by atoms with Gasteiger partial charge >= 0.3 is 0 Å². The Morgan fingerprint density at radius 3 is 2.19 bits per heavy atom. The van der Waals surface area contributed by atoms with Crippen LogP contribution < -0.4 is 5.73 Å². The van der Waals surface area contributed by atoms with Crippen LogP contribution in [0, 0.1) is 5.92 Å². The number of nitrogens with two attached hydrogens (primary N) is 1. The Morgan fingerprint density at radius 1 is 1.00 bits per heavy atom. The molecule has 3 nitrogen and oxygen atoms in total. The third kappa shape index (κ3) is 3.19. The first-order valence-electron chi connectivity index (χ1n) is 6.96. The summed E-state index contributed by atoms with van der Waals surface area (Å²) in [4.78, 5) is 5.25. The van der Waals surface area contributed by atoms with E-state index in [9.17, 15) is 0 Å². The number of nitrogens with zero attached hydrogens (tertiary/aromatic N) is 2. The van der Waals surface area contributed by atoms with Crippen LogP contribution in [0.4, 0.5) is 0 Å². The maximum absolute atomic E-state index is 5.60. The lowest BCUT2D eigenvalue weighted by atomic mass is 9.95. The monoisotopic (exact) mass is 225 g/mol. The number of hydrogen-bond donors (Lipinski definition) is 1. The fourth-order valence-corrected chi connectivity index (χ4v) is 3.08. The van der Waals surface area contributed by atoms with E-state index in [0.29, 0.717) is 0 Å². The van der Waals surface area contributed by atoms with E-state index < -0.39 is 0 Å². The highest BCUT2D eigenvalue weighted by molar-refractivity contribution is 4.82. The van der Waals surface area contributed by atoms with Crippen LogP contribution in [0.1, 0.15) is 32.6 Å². The van der Waals surface area contributed by atoms with Crippen LogP contribution in [0.2, 0.25) is 0 Å². The Labute approximate surface area is 100.0 Å². The van der Waals surface area contributed by atoms with E-state index in [4.69, 9.17) is 5.73 Å². The SMILES string of the molecule is CC1CCN(C2CCN(CCN)CC2)CC1. The molecule has 2 aliphatic rings. The van der Waals surface area contributed by atoms with E-state index in [1.807, 2.05) is 0 Å². The molecule has 0 aromatic carbocycles. The van der Waals surface area contributed by atoms with Gasteiger partial charge in [-0.25, -0.2) is 0 Å². The van der Waals surface area contributed by atoms with Crippen molar-refractivity contribution in [3.05, 3.63) is 0 Å². The van der Waals surface area contributed by atoms with Gasteiger partial charge in [0.2, 0.25) is 0 Å². The van der Waals surface area contributed by atoms with Gasteiger partial charge in [-0.1, -0.05) is 6.92 Å². The molecule has 2 saturated heterocycles. The lowest BCUT2D eigenvalue weighted by molar-refractivity contribution is 0.0815. The number of rotatable bonds is 3. The number of piperidine rings is 2.